The summed E-state index contributed by atoms with van der Waals surface area (Å²) in [6.45, 7) is 0.438. The lowest BCUT2D eigenvalue weighted by molar-refractivity contribution is -0.121. The van der Waals surface area contributed by atoms with Crippen LogP contribution in [-0.2, 0) is 4.79 Å². The van der Waals surface area contributed by atoms with E-state index in [1.54, 1.807) is 4.90 Å². The van der Waals surface area contributed by atoms with E-state index in [9.17, 15) is 14.4 Å². The molecule has 0 saturated carbocycles. The Morgan fingerprint density at radius 3 is 2.65 bits per heavy atom. The molecule has 1 aromatic heterocycles. The maximum Gasteiger partial charge on any atom is 0.371 e. The molecule has 2 bridgehead atoms. The molecule has 0 aromatic carbocycles. The van der Waals surface area contributed by atoms with Gasteiger partial charge in [-0.2, -0.15) is 0 Å². The van der Waals surface area contributed by atoms with Gasteiger partial charge < -0.3 is 19.7 Å². The second kappa shape index (κ2) is 4.66. The smallest absolute Gasteiger partial charge is 0.371 e. The first-order chi connectivity index (χ1) is 9.56. The third-order valence-corrected chi connectivity index (χ3v) is 3.84. The Balaban J connectivity index is 1.85. The van der Waals surface area contributed by atoms with Crippen LogP contribution < -0.4 is 5.32 Å². The maximum atomic E-state index is 12.5. The molecule has 20 heavy (non-hydrogen) atoms. The number of nitrogens with zero attached hydrogens (tertiary/aromatic N) is 1. The Kier molecular flexibility index (Phi) is 2.96. The molecule has 2 unspecified atom stereocenters. The molecule has 2 saturated heterocycles. The van der Waals surface area contributed by atoms with Crippen molar-refractivity contribution < 1.29 is 23.9 Å². The number of fused-ring (bicyclic) bond motifs is 2. The summed E-state index contributed by atoms with van der Waals surface area (Å²) in [7, 11) is 0. The van der Waals surface area contributed by atoms with Gasteiger partial charge in [-0.25, -0.2) is 4.79 Å². The molecule has 2 N–H and O–H groups in total. The number of rotatable bonds is 2. The highest BCUT2D eigenvalue weighted by Gasteiger charge is 2.41. The number of carboxylic acids is 1. The highest BCUT2D eigenvalue weighted by atomic mass is 16.4. The highest BCUT2D eigenvalue weighted by molar-refractivity contribution is 5.94. The Morgan fingerprint density at radius 2 is 1.95 bits per heavy atom. The second-order valence-electron chi connectivity index (χ2n) is 5.07. The average Bonchev–Trinajstić information content (AvgIpc) is 2.97. The Bertz CT molecular complexity index is 579. The molecular formula is C13H14N2O5. The van der Waals surface area contributed by atoms with Crippen molar-refractivity contribution in [1.82, 2.24) is 10.2 Å². The van der Waals surface area contributed by atoms with Gasteiger partial charge >= 0.3 is 5.97 Å². The van der Waals surface area contributed by atoms with Crippen molar-refractivity contribution in [3.05, 3.63) is 23.7 Å². The van der Waals surface area contributed by atoms with Crippen molar-refractivity contribution in [2.45, 2.75) is 31.3 Å². The lowest BCUT2D eigenvalue weighted by atomic mass is 10.1. The van der Waals surface area contributed by atoms with E-state index in [2.05, 4.69) is 5.32 Å². The molecule has 2 aliphatic heterocycles. The summed E-state index contributed by atoms with van der Waals surface area (Å²) in [5.74, 6) is -1.86. The zero-order valence-electron chi connectivity index (χ0n) is 10.7. The molecule has 7 nitrogen and oxygen atoms in total. The second-order valence-corrected chi connectivity index (χ2v) is 5.07. The molecule has 1 aromatic rings. The number of nitrogens with one attached hydrogen (secondary N) is 1. The lowest BCUT2D eigenvalue weighted by Crippen LogP contribution is -2.42. The molecule has 106 valence electrons. The van der Waals surface area contributed by atoms with Crippen LogP contribution in [0.15, 0.2) is 16.5 Å². The van der Waals surface area contributed by atoms with Gasteiger partial charge in [0.25, 0.3) is 5.91 Å². The molecule has 0 aliphatic carbocycles. The van der Waals surface area contributed by atoms with Gasteiger partial charge in [-0.3, -0.25) is 9.59 Å². The number of carboxylic acid groups (broad SMARTS) is 1. The fourth-order valence-electron chi connectivity index (χ4n) is 2.91. The van der Waals surface area contributed by atoms with Crippen molar-refractivity contribution >= 4 is 17.8 Å². The summed E-state index contributed by atoms with van der Waals surface area (Å²) in [6, 6.07) is 2.45. The van der Waals surface area contributed by atoms with Crippen LogP contribution in [0.1, 0.15) is 40.4 Å². The third kappa shape index (κ3) is 2.04. The zero-order chi connectivity index (χ0) is 14.3. The van der Waals surface area contributed by atoms with E-state index in [-0.39, 0.29) is 41.8 Å². The van der Waals surface area contributed by atoms with Crippen molar-refractivity contribution in [2.24, 2.45) is 0 Å². The van der Waals surface area contributed by atoms with Crippen molar-refractivity contribution in [3.63, 3.8) is 0 Å². The molecule has 0 radical (unpaired) electrons. The fourth-order valence-corrected chi connectivity index (χ4v) is 2.91. The molecule has 2 fully saturated rings. The van der Waals surface area contributed by atoms with Crippen molar-refractivity contribution in [3.8, 4) is 0 Å². The molecule has 3 heterocycles. The number of aromatic carboxylic acids is 1. The average molecular weight is 278 g/mol. The number of amides is 2. The summed E-state index contributed by atoms with van der Waals surface area (Å²) >= 11 is 0. The number of carbonyl (C=O) groups excluding carboxylic acids is 2. The van der Waals surface area contributed by atoms with Gasteiger partial charge in [0, 0.05) is 25.0 Å². The monoisotopic (exact) mass is 278 g/mol. The summed E-state index contributed by atoms with van der Waals surface area (Å²) in [4.78, 5) is 36.4. The van der Waals surface area contributed by atoms with Gasteiger partial charge in [0.15, 0.2) is 5.76 Å². The first kappa shape index (κ1) is 12.7. The first-order valence-electron chi connectivity index (χ1n) is 6.49. The van der Waals surface area contributed by atoms with Crippen molar-refractivity contribution in [1.29, 1.82) is 0 Å². The standard InChI is InChI=1S/C13H14N2O5/c16-11-5-7-1-2-8(6-14-11)15(7)12(17)9-3-4-10(20-9)13(18)19/h3-4,7-8H,1-2,5-6H2,(H,14,16)(H,18,19). The zero-order valence-corrected chi connectivity index (χ0v) is 10.7. The van der Waals surface area contributed by atoms with Gasteiger partial charge in [0.2, 0.25) is 11.7 Å². The summed E-state index contributed by atoms with van der Waals surface area (Å²) in [6.07, 6.45) is 1.91. The number of carbonyl (C=O) groups is 3. The summed E-state index contributed by atoms with van der Waals surface area (Å²) in [5, 5.41) is 11.6. The topological polar surface area (TPSA) is 99.9 Å². The van der Waals surface area contributed by atoms with E-state index in [1.807, 2.05) is 0 Å². The van der Waals surface area contributed by atoms with Gasteiger partial charge in [0.05, 0.1) is 0 Å². The van der Waals surface area contributed by atoms with E-state index in [4.69, 9.17) is 9.52 Å². The minimum absolute atomic E-state index is 0.00801. The number of hydrogen-bond donors (Lipinski definition) is 2. The molecule has 2 aliphatic rings. The van der Waals surface area contributed by atoms with Crippen LogP contribution in [-0.4, -0.2) is 46.4 Å². The predicted octanol–water partition coefficient (Wildman–Crippen LogP) is 0.471. The summed E-state index contributed by atoms with van der Waals surface area (Å²) in [5.41, 5.74) is 0. The molecule has 7 heteroatoms. The van der Waals surface area contributed by atoms with Crippen LogP contribution >= 0.6 is 0 Å². The van der Waals surface area contributed by atoms with Crippen LogP contribution in [0, 0.1) is 0 Å². The van der Waals surface area contributed by atoms with E-state index in [0.717, 1.165) is 12.8 Å². The van der Waals surface area contributed by atoms with Crippen LogP contribution in [0.5, 0.6) is 0 Å². The van der Waals surface area contributed by atoms with Crippen LogP contribution in [0.25, 0.3) is 0 Å². The van der Waals surface area contributed by atoms with Crippen LogP contribution in [0.2, 0.25) is 0 Å². The first-order valence-corrected chi connectivity index (χ1v) is 6.49. The lowest BCUT2D eigenvalue weighted by Gasteiger charge is -2.26. The Labute approximate surface area is 114 Å². The highest BCUT2D eigenvalue weighted by Crippen LogP contribution is 2.30. The normalized spacial score (nSPS) is 25.2. The number of hydrogen-bond acceptors (Lipinski definition) is 4. The van der Waals surface area contributed by atoms with Gasteiger partial charge in [-0.1, -0.05) is 0 Å². The number of furan rings is 1. The fraction of sp³-hybridized carbons (Fsp3) is 0.462. The molecule has 3 rings (SSSR count). The Hall–Kier alpha value is -2.31. The maximum absolute atomic E-state index is 12.5. The quantitative estimate of drug-likeness (QED) is 0.819. The minimum Gasteiger partial charge on any atom is -0.475 e. The third-order valence-electron chi connectivity index (χ3n) is 3.84. The minimum atomic E-state index is -1.21. The van der Waals surface area contributed by atoms with Crippen molar-refractivity contribution in [2.75, 3.05) is 6.54 Å². The van der Waals surface area contributed by atoms with Crippen LogP contribution in [0.4, 0.5) is 0 Å². The molecule has 0 spiro atoms. The van der Waals surface area contributed by atoms with Gasteiger partial charge in [-0.05, 0) is 25.0 Å². The van der Waals surface area contributed by atoms with E-state index < -0.39 is 5.97 Å². The summed E-state index contributed by atoms with van der Waals surface area (Å²) < 4.78 is 5.06. The van der Waals surface area contributed by atoms with Gasteiger partial charge in [-0.15, -0.1) is 0 Å². The molecule has 2 atom stereocenters. The molecule has 2 amide bonds. The van der Waals surface area contributed by atoms with E-state index >= 15 is 0 Å². The van der Waals surface area contributed by atoms with Gasteiger partial charge in [0.1, 0.15) is 0 Å². The predicted molar refractivity (Wildman–Crippen MR) is 66.3 cm³/mol. The Morgan fingerprint density at radius 1 is 1.25 bits per heavy atom. The SMILES string of the molecule is O=C1CC2CCC(CN1)N2C(=O)c1ccc(C(=O)O)o1. The molecular weight excluding hydrogens is 264 g/mol. The van der Waals surface area contributed by atoms with E-state index in [0.29, 0.717) is 6.54 Å². The largest absolute Gasteiger partial charge is 0.475 e. The van der Waals surface area contributed by atoms with Crippen LogP contribution in [0.3, 0.4) is 0 Å². The van der Waals surface area contributed by atoms with E-state index in [1.165, 1.54) is 12.1 Å².